The lowest BCUT2D eigenvalue weighted by Crippen LogP contribution is -2.33. The second-order valence-corrected chi connectivity index (χ2v) is 8.74. The molecule has 0 aromatic heterocycles. The van der Waals surface area contributed by atoms with Gasteiger partial charge in [-0.05, 0) is 56.0 Å². The van der Waals surface area contributed by atoms with Gasteiger partial charge in [-0.3, -0.25) is 4.79 Å². The average Bonchev–Trinajstić information content (AvgIpc) is 3.49. The van der Waals surface area contributed by atoms with Crippen LogP contribution in [0.1, 0.15) is 36.0 Å². The van der Waals surface area contributed by atoms with E-state index >= 15 is 0 Å². The first-order valence-electron chi connectivity index (χ1n) is 10.8. The van der Waals surface area contributed by atoms with Crippen LogP contribution in [0.25, 0.3) is 0 Å². The van der Waals surface area contributed by atoms with Gasteiger partial charge in [0.25, 0.3) is 5.91 Å². The van der Waals surface area contributed by atoms with Gasteiger partial charge in [0, 0.05) is 37.6 Å². The summed E-state index contributed by atoms with van der Waals surface area (Å²) < 4.78 is 5.61. The largest absolute Gasteiger partial charge is 0.376 e. The highest BCUT2D eigenvalue weighted by atomic mass is 35.5. The Bertz CT molecular complexity index is 989. The third kappa shape index (κ3) is 5.46. The first-order valence-corrected chi connectivity index (χ1v) is 11.6. The van der Waals surface area contributed by atoms with E-state index in [1.807, 2.05) is 6.07 Å². The number of carbonyl (C=O) groups is 2. The van der Waals surface area contributed by atoms with E-state index < -0.39 is 6.03 Å². The summed E-state index contributed by atoms with van der Waals surface area (Å²) >= 11 is 12.2. The van der Waals surface area contributed by atoms with E-state index in [9.17, 15) is 9.59 Å². The van der Waals surface area contributed by atoms with Crippen molar-refractivity contribution in [2.75, 3.05) is 41.8 Å². The minimum absolute atomic E-state index is 0.0590. The van der Waals surface area contributed by atoms with E-state index in [4.69, 9.17) is 27.9 Å². The zero-order valence-corrected chi connectivity index (χ0v) is 19.1. The number of hydrogen-bond acceptors (Lipinski definition) is 4. The van der Waals surface area contributed by atoms with Crippen LogP contribution in [0.15, 0.2) is 36.4 Å². The highest BCUT2D eigenvalue weighted by Crippen LogP contribution is 2.30. The molecule has 0 saturated carbocycles. The average molecular weight is 477 g/mol. The molecule has 4 rings (SSSR count). The van der Waals surface area contributed by atoms with Crippen LogP contribution in [-0.2, 0) is 4.74 Å². The van der Waals surface area contributed by atoms with Crippen molar-refractivity contribution in [3.8, 4) is 0 Å². The number of ether oxygens (including phenoxy) is 1. The van der Waals surface area contributed by atoms with Crippen LogP contribution in [0.3, 0.4) is 0 Å². The Labute approximate surface area is 197 Å². The summed E-state index contributed by atoms with van der Waals surface area (Å²) in [6, 6.07) is 9.91. The molecule has 0 aliphatic carbocycles. The highest BCUT2D eigenvalue weighted by Gasteiger charge is 2.22. The maximum atomic E-state index is 13.0. The summed E-state index contributed by atoms with van der Waals surface area (Å²) in [6.45, 7) is 3.04. The van der Waals surface area contributed by atoms with E-state index in [-0.39, 0.29) is 17.0 Å². The number of benzene rings is 2. The summed E-state index contributed by atoms with van der Waals surface area (Å²) in [5, 5.41) is 9.06. The van der Waals surface area contributed by atoms with Gasteiger partial charge in [-0.2, -0.15) is 0 Å². The summed E-state index contributed by atoms with van der Waals surface area (Å²) in [4.78, 5) is 27.8. The monoisotopic (exact) mass is 476 g/mol. The molecule has 0 spiro atoms. The van der Waals surface area contributed by atoms with E-state index in [0.29, 0.717) is 28.5 Å². The Hall–Kier alpha value is -2.48. The number of nitrogens with zero attached hydrogens (tertiary/aromatic N) is 1. The molecule has 1 atom stereocenters. The Balaban J connectivity index is 1.49. The molecular formula is C23H26Cl2N4O3. The topological polar surface area (TPSA) is 82.7 Å². The highest BCUT2D eigenvalue weighted by molar-refractivity contribution is 6.44. The van der Waals surface area contributed by atoms with Crippen molar-refractivity contribution in [3.05, 3.63) is 52.0 Å². The number of amides is 3. The van der Waals surface area contributed by atoms with Gasteiger partial charge in [-0.25, -0.2) is 4.79 Å². The standard InChI is InChI=1S/C23H26Cl2N4O3/c24-18-6-3-7-19(21(18)25)28-23(31)27-15-8-9-20(29-10-1-2-11-29)17(13-15)22(30)26-14-16-5-4-12-32-16/h3,6-9,13,16H,1-2,4-5,10-12,14H2,(H,26,30)(H2,27,28,31). The zero-order chi connectivity index (χ0) is 22.5. The number of carbonyl (C=O) groups excluding carboxylic acids is 2. The van der Waals surface area contributed by atoms with Crippen LogP contribution in [0.4, 0.5) is 21.9 Å². The normalized spacial score (nSPS) is 17.9. The molecule has 32 heavy (non-hydrogen) atoms. The first-order chi connectivity index (χ1) is 15.5. The minimum atomic E-state index is -0.478. The van der Waals surface area contributed by atoms with Crippen molar-refractivity contribution in [2.24, 2.45) is 0 Å². The molecular weight excluding hydrogens is 451 g/mol. The molecule has 2 saturated heterocycles. The van der Waals surface area contributed by atoms with E-state index in [1.54, 1.807) is 30.3 Å². The van der Waals surface area contributed by atoms with Gasteiger partial charge >= 0.3 is 6.03 Å². The minimum Gasteiger partial charge on any atom is -0.376 e. The Kier molecular flexibility index (Phi) is 7.40. The fourth-order valence-electron chi connectivity index (χ4n) is 4.02. The molecule has 170 valence electrons. The molecule has 2 aliphatic rings. The number of anilines is 3. The Morgan fingerprint density at radius 1 is 1.06 bits per heavy atom. The van der Waals surface area contributed by atoms with Gasteiger partial charge in [0.15, 0.2) is 0 Å². The fourth-order valence-corrected chi connectivity index (χ4v) is 4.37. The van der Waals surface area contributed by atoms with Crippen LogP contribution in [0.5, 0.6) is 0 Å². The second-order valence-electron chi connectivity index (χ2n) is 7.95. The van der Waals surface area contributed by atoms with Gasteiger partial charge in [-0.15, -0.1) is 0 Å². The predicted octanol–water partition coefficient (Wildman–Crippen LogP) is 5.15. The maximum Gasteiger partial charge on any atom is 0.323 e. The van der Waals surface area contributed by atoms with E-state index in [0.717, 1.165) is 51.1 Å². The third-order valence-corrected chi connectivity index (χ3v) is 6.48. The predicted molar refractivity (Wildman–Crippen MR) is 128 cm³/mol. The summed E-state index contributed by atoms with van der Waals surface area (Å²) in [7, 11) is 0. The molecule has 2 heterocycles. The van der Waals surface area contributed by atoms with Crippen LogP contribution in [0.2, 0.25) is 10.0 Å². The van der Waals surface area contributed by atoms with E-state index in [1.165, 1.54) is 0 Å². The molecule has 2 aromatic carbocycles. The number of hydrogen-bond donors (Lipinski definition) is 3. The number of nitrogens with one attached hydrogen (secondary N) is 3. The van der Waals surface area contributed by atoms with Gasteiger partial charge in [0.05, 0.1) is 27.4 Å². The number of rotatable bonds is 6. The lowest BCUT2D eigenvalue weighted by atomic mass is 10.1. The van der Waals surface area contributed by atoms with Crippen LogP contribution < -0.4 is 20.9 Å². The van der Waals surface area contributed by atoms with Crippen LogP contribution in [-0.4, -0.2) is 44.3 Å². The molecule has 3 N–H and O–H groups in total. The van der Waals surface area contributed by atoms with E-state index in [2.05, 4.69) is 20.9 Å². The van der Waals surface area contributed by atoms with Crippen LogP contribution in [0, 0.1) is 0 Å². The van der Waals surface area contributed by atoms with Crippen LogP contribution >= 0.6 is 23.2 Å². The third-order valence-electron chi connectivity index (χ3n) is 5.66. The molecule has 7 nitrogen and oxygen atoms in total. The van der Waals surface area contributed by atoms with Crippen molar-refractivity contribution in [3.63, 3.8) is 0 Å². The lowest BCUT2D eigenvalue weighted by molar-refractivity contribution is 0.0858. The summed E-state index contributed by atoms with van der Waals surface area (Å²) in [6.07, 6.45) is 4.22. The molecule has 0 bridgehead atoms. The molecule has 0 radical (unpaired) electrons. The van der Waals surface area contributed by atoms with Gasteiger partial charge in [0.1, 0.15) is 0 Å². The molecule has 9 heteroatoms. The Morgan fingerprint density at radius 3 is 2.62 bits per heavy atom. The van der Waals surface area contributed by atoms with Crippen molar-refractivity contribution in [2.45, 2.75) is 31.8 Å². The van der Waals surface area contributed by atoms with Crippen molar-refractivity contribution < 1.29 is 14.3 Å². The zero-order valence-electron chi connectivity index (χ0n) is 17.6. The van der Waals surface area contributed by atoms with Gasteiger partial charge in [-0.1, -0.05) is 29.3 Å². The molecule has 3 amide bonds. The molecule has 2 aliphatic heterocycles. The fraction of sp³-hybridized carbons (Fsp3) is 0.391. The molecule has 2 fully saturated rings. The molecule has 2 aromatic rings. The second kappa shape index (κ2) is 10.4. The molecule has 1 unspecified atom stereocenters. The smallest absolute Gasteiger partial charge is 0.323 e. The number of halogens is 2. The first kappa shape index (κ1) is 22.7. The summed E-state index contributed by atoms with van der Waals surface area (Å²) in [5.74, 6) is -0.177. The maximum absolute atomic E-state index is 13.0. The van der Waals surface area contributed by atoms with Gasteiger partial charge < -0.3 is 25.6 Å². The Morgan fingerprint density at radius 2 is 1.88 bits per heavy atom. The summed E-state index contributed by atoms with van der Waals surface area (Å²) in [5.41, 5.74) is 2.31. The van der Waals surface area contributed by atoms with Gasteiger partial charge in [0.2, 0.25) is 0 Å². The van der Waals surface area contributed by atoms with Crippen molar-refractivity contribution >= 4 is 52.2 Å². The number of urea groups is 1. The SMILES string of the molecule is O=C(Nc1ccc(N2CCCC2)c(C(=O)NCC2CCCO2)c1)Nc1cccc(Cl)c1Cl. The van der Waals surface area contributed by atoms with Crippen molar-refractivity contribution in [1.82, 2.24) is 5.32 Å². The lowest BCUT2D eigenvalue weighted by Gasteiger charge is -2.22. The quantitative estimate of drug-likeness (QED) is 0.538. The van der Waals surface area contributed by atoms with Crippen molar-refractivity contribution in [1.29, 1.82) is 0 Å².